The quantitative estimate of drug-likeness (QED) is 0.583. The molecule has 120 valence electrons. The summed E-state index contributed by atoms with van der Waals surface area (Å²) < 4.78 is 0. The monoisotopic (exact) mass is 313 g/mol. The van der Waals surface area contributed by atoms with Crippen LogP contribution in [0.15, 0.2) is 36.5 Å². The van der Waals surface area contributed by atoms with Gasteiger partial charge in [-0.1, -0.05) is 17.7 Å². The number of H-pyrrole nitrogens is 1. The minimum absolute atomic E-state index is 0.0111. The zero-order valence-electron chi connectivity index (χ0n) is 13.1. The van der Waals surface area contributed by atoms with Crippen molar-refractivity contribution in [1.29, 1.82) is 0 Å². The van der Waals surface area contributed by atoms with Crippen LogP contribution in [0, 0.1) is 13.8 Å². The summed E-state index contributed by atoms with van der Waals surface area (Å²) in [4.78, 5) is 38.2. The van der Waals surface area contributed by atoms with E-state index in [9.17, 15) is 14.4 Å². The summed E-state index contributed by atoms with van der Waals surface area (Å²) in [7, 11) is 0. The average molecular weight is 313 g/mol. The molecule has 0 unspecified atom stereocenters. The normalized spacial score (nSPS) is 10.2. The first-order valence-corrected chi connectivity index (χ1v) is 7.30. The molecule has 2 rings (SSSR count). The Morgan fingerprint density at radius 3 is 2.52 bits per heavy atom. The molecule has 23 heavy (non-hydrogen) atoms. The Labute approximate surface area is 134 Å². The van der Waals surface area contributed by atoms with Crippen molar-refractivity contribution in [3.63, 3.8) is 0 Å². The van der Waals surface area contributed by atoms with Gasteiger partial charge in [0.15, 0.2) is 5.78 Å². The zero-order chi connectivity index (χ0) is 16.8. The van der Waals surface area contributed by atoms with Crippen LogP contribution in [0.3, 0.4) is 0 Å². The molecule has 0 saturated heterocycles. The third-order valence-corrected chi connectivity index (χ3v) is 3.43. The van der Waals surface area contributed by atoms with Gasteiger partial charge in [-0.2, -0.15) is 0 Å². The van der Waals surface area contributed by atoms with Crippen molar-refractivity contribution in [1.82, 2.24) is 15.8 Å². The van der Waals surface area contributed by atoms with Gasteiger partial charge in [-0.15, -0.1) is 0 Å². The number of ketones is 1. The smallest absolute Gasteiger partial charge is 0.286 e. The number of rotatable bonds is 5. The number of nitrogens with one attached hydrogen (secondary N) is 3. The van der Waals surface area contributed by atoms with Crippen LogP contribution in [0.4, 0.5) is 0 Å². The molecule has 6 heteroatoms. The standard InChI is InChI=1S/C17H19N3O3/c1-11-5-6-12(2)13(10-11)15(21)7-8-16(22)19-20-17(23)14-4-3-9-18-14/h3-6,9-10,18H,7-8H2,1-2H3,(H,19,22)(H,20,23). The lowest BCUT2D eigenvalue weighted by molar-refractivity contribution is -0.121. The van der Waals surface area contributed by atoms with Crippen LogP contribution in [-0.4, -0.2) is 22.6 Å². The van der Waals surface area contributed by atoms with E-state index in [0.29, 0.717) is 11.3 Å². The average Bonchev–Trinajstić information content (AvgIpc) is 3.07. The highest BCUT2D eigenvalue weighted by atomic mass is 16.2. The fraction of sp³-hybridized carbons (Fsp3) is 0.235. The van der Waals surface area contributed by atoms with Crippen LogP contribution < -0.4 is 10.9 Å². The predicted octanol–water partition coefficient (Wildman–Crippen LogP) is 2.06. The van der Waals surface area contributed by atoms with E-state index < -0.39 is 11.8 Å². The van der Waals surface area contributed by atoms with Gasteiger partial charge in [0, 0.05) is 24.6 Å². The lowest BCUT2D eigenvalue weighted by atomic mass is 9.99. The van der Waals surface area contributed by atoms with Gasteiger partial charge in [0.2, 0.25) is 5.91 Å². The summed E-state index contributed by atoms with van der Waals surface area (Å²) >= 11 is 0. The fourth-order valence-electron chi connectivity index (χ4n) is 2.13. The first kappa shape index (κ1) is 16.5. The van der Waals surface area contributed by atoms with Gasteiger partial charge in [-0.25, -0.2) is 0 Å². The lowest BCUT2D eigenvalue weighted by Crippen LogP contribution is -2.41. The van der Waals surface area contributed by atoms with Gasteiger partial charge in [0.25, 0.3) is 5.91 Å². The SMILES string of the molecule is Cc1ccc(C)c(C(=O)CCC(=O)NNC(=O)c2ccc[nH]2)c1. The summed E-state index contributed by atoms with van der Waals surface area (Å²) in [6, 6.07) is 8.92. The van der Waals surface area contributed by atoms with Crippen LogP contribution >= 0.6 is 0 Å². The minimum Gasteiger partial charge on any atom is -0.357 e. The maximum Gasteiger partial charge on any atom is 0.286 e. The molecule has 1 aromatic heterocycles. The van der Waals surface area contributed by atoms with E-state index in [1.54, 1.807) is 18.3 Å². The highest BCUT2D eigenvalue weighted by molar-refractivity contribution is 5.99. The number of benzene rings is 1. The summed E-state index contributed by atoms with van der Waals surface area (Å²) in [6.07, 6.45) is 1.71. The Hall–Kier alpha value is -2.89. The van der Waals surface area contributed by atoms with E-state index in [-0.39, 0.29) is 18.6 Å². The summed E-state index contributed by atoms with van der Waals surface area (Å²) in [5.74, 6) is -0.940. The second-order valence-electron chi connectivity index (χ2n) is 5.33. The highest BCUT2D eigenvalue weighted by Crippen LogP contribution is 2.13. The first-order valence-electron chi connectivity index (χ1n) is 7.30. The number of hydrogen-bond acceptors (Lipinski definition) is 3. The first-order chi connectivity index (χ1) is 11.0. The molecule has 3 N–H and O–H groups in total. The number of carbonyl (C=O) groups excluding carboxylic acids is 3. The molecule has 2 aromatic rings. The molecular formula is C17H19N3O3. The minimum atomic E-state index is -0.441. The summed E-state index contributed by atoms with van der Waals surface area (Å²) in [6.45, 7) is 3.78. The molecular weight excluding hydrogens is 294 g/mol. The van der Waals surface area contributed by atoms with Gasteiger partial charge < -0.3 is 4.98 Å². The topological polar surface area (TPSA) is 91.1 Å². The van der Waals surface area contributed by atoms with E-state index in [2.05, 4.69) is 15.8 Å². The Morgan fingerprint density at radius 2 is 1.83 bits per heavy atom. The van der Waals surface area contributed by atoms with Crippen molar-refractivity contribution >= 4 is 17.6 Å². The van der Waals surface area contributed by atoms with Crippen molar-refractivity contribution < 1.29 is 14.4 Å². The molecule has 0 radical (unpaired) electrons. The predicted molar refractivity (Wildman–Crippen MR) is 85.9 cm³/mol. The number of carbonyl (C=O) groups is 3. The van der Waals surface area contributed by atoms with Crippen LogP contribution in [-0.2, 0) is 4.79 Å². The van der Waals surface area contributed by atoms with Crippen molar-refractivity contribution in [2.45, 2.75) is 26.7 Å². The number of aromatic amines is 1. The van der Waals surface area contributed by atoms with Crippen LogP contribution in [0.5, 0.6) is 0 Å². The molecule has 1 aromatic carbocycles. The van der Waals surface area contributed by atoms with Gasteiger partial charge in [0.05, 0.1) is 0 Å². The number of amides is 2. The van der Waals surface area contributed by atoms with Crippen LogP contribution in [0.25, 0.3) is 0 Å². The van der Waals surface area contributed by atoms with Gasteiger partial charge in [-0.3, -0.25) is 25.2 Å². The van der Waals surface area contributed by atoms with Crippen LogP contribution in [0.1, 0.15) is 44.8 Å². The largest absolute Gasteiger partial charge is 0.357 e. The molecule has 2 amide bonds. The van der Waals surface area contributed by atoms with E-state index in [0.717, 1.165) is 11.1 Å². The Morgan fingerprint density at radius 1 is 1.04 bits per heavy atom. The molecule has 0 atom stereocenters. The van der Waals surface area contributed by atoms with Crippen LogP contribution in [0.2, 0.25) is 0 Å². The number of hydrazine groups is 1. The van der Waals surface area contributed by atoms with E-state index in [1.807, 2.05) is 32.0 Å². The maximum atomic E-state index is 12.2. The molecule has 1 heterocycles. The molecule has 0 saturated carbocycles. The summed E-state index contributed by atoms with van der Waals surface area (Å²) in [5, 5.41) is 0. The number of aromatic nitrogens is 1. The molecule has 0 aliphatic heterocycles. The molecule has 6 nitrogen and oxygen atoms in total. The maximum absolute atomic E-state index is 12.2. The van der Waals surface area contributed by atoms with Crippen molar-refractivity contribution in [3.05, 3.63) is 58.9 Å². The Bertz CT molecular complexity index is 721. The third kappa shape index (κ3) is 4.54. The number of Topliss-reactive ketones (excluding diaryl/α,β-unsaturated/α-hetero) is 1. The zero-order valence-corrected chi connectivity index (χ0v) is 13.1. The van der Waals surface area contributed by atoms with Crippen molar-refractivity contribution in [2.75, 3.05) is 0 Å². The van der Waals surface area contributed by atoms with Crippen molar-refractivity contribution in [3.8, 4) is 0 Å². The van der Waals surface area contributed by atoms with Crippen molar-refractivity contribution in [2.24, 2.45) is 0 Å². The highest BCUT2D eigenvalue weighted by Gasteiger charge is 2.13. The molecule has 0 bridgehead atoms. The third-order valence-electron chi connectivity index (χ3n) is 3.43. The number of aryl methyl sites for hydroxylation is 2. The molecule has 0 spiro atoms. The Balaban J connectivity index is 1.81. The number of hydrogen-bond donors (Lipinski definition) is 3. The fourth-order valence-corrected chi connectivity index (χ4v) is 2.13. The van der Waals surface area contributed by atoms with Gasteiger partial charge >= 0.3 is 0 Å². The second-order valence-corrected chi connectivity index (χ2v) is 5.33. The molecule has 0 aliphatic carbocycles. The van der Waals surface area contributed by atoms with Gasteiger partial charge in [-0.05, 0) is 37.6 Å². The molecule has 0 fully saturated rings. The Kier molecular flexibility index (Phi) is 5.30. The second kappa shape index (κ2) is 7.40. The van der Waals surface area contributed by atoms with Gasteiger partial charge in [0.1, 0.15) is 5.69 Å². The van der Waals surface area contributed by atoms with E-state index in [1.165, 1.54) is 0 Å². The van der Waals surface area contributed by atoms with E-state index in [4.69, 9.17) is 0 Å². The lowest BCUT2D eigenvalue weighted by Gasteiger charge is -2.08. The van der Waals surface area contributed by atoms with E-state index >= 15 is 0 Å². The molecule has 0 aliphatic rings. The summed E-state index contributed by atoms with van der Waals surface area (Å²) in [5.41, 5.74) is 7.45.